The molecular weight excluding hydrogens is 420 g/mol. The average Bonchev–Trinajstić information content (AvgIpc) is 3.32. The van der Waals surface area contributed by atoms with Crippen LogP contribution in [0.2, 0.25) is 5.02 Å². The van der Waals surface area contributed by atoms with Gasteiger partial charge in [-0.2, -0.15) is 0 Å². The number of benzene rings is 1. The molecule has 9 heteroatoms. The van der Waals surface area contributed by atoms with Crippen LogP contribution in [0.3, 0.4) is 0 Å². The first-order chi connectivity index (χ1) is 13.1. The Kier molecular flexibility index (Phi) is 7.51. The Morgan fingerprint density at radius 3 is 2.96 bits per heavy atom. The topological polar surface area (TPSA) is 58.1 Å². The fourth-order valence-electron chi connectivity index (χ4n) is 2.32. The van der Waals surface area contributed by atoms with Crippen molar-refractivity contribution < 1.29 is 4.79 Å². The van der Waals surface area contributed by atoms with Crippen molar-refractivity contribution in [2.75, 3.05) is 24.7 Å². The summed E-state index contributed by atoms with van der Waals surface area (Å²) in [5.74, 6) is 0.378. The molecule has 0 aliphatic carbocycles. The molecule has 0 unspecified atom stereocenters. The summed E-state index contributed by atoms with van der Waals surface area (Å²) < 4.78 is 0.790. The molecule has 0 aliphatic rings. The van der Waals surface area contributed by atoms with Gasteiger partial charge in [-0.05, 0) is 35.6 Å². The lowest BCUT2D eigenvalue weighted by atomic mass is 10.2. The SMILES string of the molecule is CN(Cc1cccc(Cl)c1)C(=O)CSc1nnc(NCCc2cccs2)s1. The maximum atomic E-state index is 12.3. The molecule has 0 aliphatic heterocycles. The maximum absolute atomic E-state index is 12.3. The normalized spacial score (nSPS) is 10.7. The molecular formula is C18H19ClN4OS3. The number of thioether (sulfide) groups is 1. The highest BCUT2D eigenvalue weighted by atomic mass is 35.5. The molecule has 1 aromatic carbocycles. The van der Waals surface area contributed by atoms with Crippen LogP contribution < -0.4 is 5.32 Å². The lowest BCUT2D eigenvalue weighted by molar-refractivity contribution is -0.127. The fraction of sp³-hybridized carbons (Fsp3) is 0.278. The van der Waals surface area contributed by atoms with Crippen LogP contribution in [0, 0.1) is 0 Å². The molecule has 3 rings (SSSR count). The van der Waals surface area contributed by atoms with E-state index < -0.39 is 0 Å². The fourth-order valence-corrected chi connectivity index (χ4v) is 4.96. The number of rotatable bonds is 9. The van der Waals surface area contributed by atoms with E-state index in [0.717, 1.165) is 28.0 Å². The zero-order valence-corrected chi connectivity index (χ0v) is 17.9. The van der Waals surface area contributed by atoms with Gasteiger partial charge in [0.15, 0.2) is 4.34 Å². The number of carbonyl (C=O) groups is 1. The summed E-state index contributed by atoms with van der Waals surface area (Å²) in [5.41, 5.74) is 1.01. The van der Waals surface area contributed by atoms with Gasteiger partial charge in [0.25, 0.3) is 0 Å². The summed E-state index contributed by atoms with van der Waals surface area (Å²) >= 11 is 10.6. The van der Waals surface area contributed by atoms with Crippen LogP contribution >= 0.6 is 46.0 Å². The number of anilines is 1. The average molecular weight is 439 g/mol. The van der Waals surface area contributed by atoms with Crippen molar-refractivity contribution in [3.8, 4) is 0 Å². The zero-order valence-electron chi connectivity index (χ0n) is 14.7. The van der Waals surface area contributed by atoms with Crippen molar-refractivity contribution in [1.29, 1.82) is 0 Å². The largest absolute Gasteiger partial charge is 0.360 e. The van der Waals surface area contributed by atoms with Crippen LogP contribution in [0.15, 0.2) is 46.1 Å². The minimum absolute atomic E-state index is 0.0439. The first-order valence-corrected chi connectivity index (χ1v) is 11.4. The summed E-state index contributed by atoms with van der Waals surface area (Å²) in [4.78, 5) is 15.4. The number of halogens is 1. The van der Waals surface area contributed by atoms with Crippen LogP contribution in [0.1, 0.15) is 10.4 Å². The minimum atomic E-state index is 0.0439. The lowest BCUT2D eigenvalue weighted by Crippen LogP contribution is -2.27. The van der Waals surface area contributed by atoms with Gasteiger partial charge in [-0.1, -0.05) is 52.9 Å². The number of hydrogen-bond donors (Lipinski definition) is 1. The number of nitrogens with zero attached hydrogens (tertiary/aromatic N) is 3. The van der Waals surface area contributed by atoms with E-state index in [2.05, 4.69) is 33.0 Å². The highest BCUT2D eigenvalue weighted by molar-refractivity contribution is 8.01. The van der Waals surface area contributed by atoms with E-state index in [4.69, 9.17) is 11.6 Å². The predicted octanol–water partition coefficient (Wildman–Crippen LogP) is 4.66. The van der Waals surface area contributed by atoms with Crippen molar-refractivity contribution in [3.63, 3.8) is 0 Å². The van der Waals surface area contributed by atoms with Crippen molar-refractivity contribution >= 4 is 57.1 Å². The Hall–Kier alpha value is -1.61. The van der Waals surface area contributed by atoms with E-state index in [9.17, 15) is 4.79 Å². The maximum Gasteiger partial charge on any atom is 0.233 e. The van der Waals surface area contributed by atoms with Crippen LogP contribution in [0.4, 0.5) is 5.13 Å². The monoisotopic (exact) mass is 438 g/mol. The van der Waals surface area contributed by atoms with Gasteiger partial charge in [-0.15, -0.1) is 21.5 Å². The van der Waals surface area contributed by atoms with Crippen molar-refractivity contribution in [2.45, 2.75) is 17.3 Å². The molecule has 0 saturated heterocycles. The van der Waals surface area contributed by atoms with Gasteiger partial charge in [0.1, 0.15) is 0 Å². The second-order valence-electron chi connectivity index (χ2n) is 5.80. The molecule has 1 N–H and O–H groups in total. The van der Waals surface area contributed by atoms with Crippen LogP contribution in [0.5, 0.6) is 0 Å². The zero-order chi connectivity index (χ0) is 19.1. The lowest BCUT2D eigenvalue weighted by Gasteiger charge is -2.16. The van der Waals surface area contributed by atoms with Crippen molar-refractivity contribution in [2.24, 2.45) is 0 Å². The highest BCUT2D eigenvalue weighted by Crippen LogP contribution is 2.26. The summed E-state index contributed by atoms with van der Waals surface area (Å²) in [6.07, 6.45) is 0.965. The number of aromatic nitrogens is 2. The van der Waals surface area contributed by atoms with Gasteiger partial charge >= 0.3 is 0 Å². The summed E-state index contributed by atoms with van der Waals surface area (Å²) in [5, 5.41) is 15.1. The number of nitrogens with one attached hydrogen (secondary N) is 1. The van der Waals surface area contributed by atoms with Crippen LogP contribution in [0.25, 0.3) is 0 Å². The van der Waals surface area contributed by atoms with Crippen LogP contribution in [-0.2, 0) is 17.8 Å². The molecule has 2 heterocycles. The van der Waals surface area contributed by atoms with Gasteiger partial charge in [-0.3, -0.25) is 4.79 Å². The summed E-state index contributed by atoms with van der Waals surface area (Å²) in [6.45, 7) is 1.35. The predicted molar refractivity (Wildman–Crippen MR) is 115 cm³/mol. The Morgan fingerprint density at radius 2 is 2.19 bits per heavy atom. The van der Waals surface area contributed by atoms with Gasteiger partial charge in [0.2, 0.25) is 11.0 Å². The van der Waals surface area contributed by atoms with E-state index in [1.54, 1.807) is 23.3 Å². The number of carbonyl (C=O) groups excluding carboxylic acids is 1. The van der Waals surface area contributed by atoms with E-state index >= 15 is 0 Å². The quantitative estimate of drug-likeness (QED) is 0.492. The molecule has 0 bridgehead atoms. The Labute approximate surface area is 175 Å². The Balaban J connectivity index is 1.41. The van der Waals surface area contributed by atoms with Crippen LogP contribution in [-0.4, -0.2) is 40.3 Å². The molecule has 0 fully saturated rings. The molecule has 3 aromatic rings. The standard InChI is InChI=1S/C18H19ClN4OS3/c1-23(11-13-4-2-5-14(19)10-13)16(24)12-26-18-22-21-17(27-18)20-8-7-15-6-3-9-25-15/h2-6,9-10H,7-8,11-12H2,1H3,(H,20,21). The molecule has 142 valence electrons. The third kappa shape index (κ3) is 6.49. The minimum Gasteiger partial charge on any atom is -0.360 e. The number of hydrogen-bond acceptors (Lipinski definition) is 7. The molecule has 0 saturated carbocycles. The Morgan fingerprint density at radius 1 is 1.30 bits per heavy atom. The van der Waals surface area contributed by atoms with E-state index in [1.807, 2.05) is 24.3 Å². The first kappa shape index (κ1) is 20.1. The number of thiophene rings is 1. The molecule has 1 amide bonds. The third-order valence-corrected chi connectivity index (χ3v) is 6.86. The second-order valence-corrected chi connectivity index (χ2v) is 9.47. The highest BCUT2D eigenvalue weighted by Gasteiger charge is 2.12. The first-order valence-electron chi connectivity index (χ1n) is 8.31. The van der Waals surface area contributed by atoms with Gasteiger partial charge in [0.05, 0.1) is 5.75 Å². The van der Waals surface area contributed by atoms with Crippen molar-refractivity contribution in [3.05, 3.63) is 57.2 Å². The van der Waals surface area contributed by atoms with Gasteiger partial charge in [0, 0.05) is 30.0 Å². The summed E-state index contributed by atoms with van der Waals surface area (Å²) in [6, 6.07) is 11.7. The van der Waals surface area contributed by atoms with E-state index in [-0.39, 0.29) is 5.91 Å². The third-order valence-electron chi connectivity index (χ3n) is 3.69. The number of amides is 1. The van der Waals surface area contributed by atoms with Gasteiger partial charge < -0.3 is 10.2 Å². The Bertz CT molecular complexity index is 869. The van der Waals surface area contributed by atoms with E-state index in [1.165, 1.54) is 28.0 Å². The molecule has 0 spiro atoms. The summed E-state index contributed by atoms with van der Waals surface area (Å²) in [7, 11) is 1.79. The van der Waals surface area contributed by atoms with E-state index in [0.29, 0.717) is 17.3 Å². The van der Waals surface area contributed by atoms with Crippen molar-refractivity contribution in [1.82, 2.24) is 15.1 Å². The van der Waals surface area contributed by atoms with Gasteiger partial charge in [-0.25, -0.2) is 0 Å². The molecule has 5 nitrogen and oxygen atoms in total. The molecule has 0 radical (unpaired) electrons. The smallest absolute Gasteiger partial charge is 0.233 e. The molecule has 0 atom stereocenters. The molecule has 27 heavy (non-hydrogen) atoms. The second kappa shape index (κ2) is 10.1. The molecule has 2 aromatic heterocycles.